The third-order valence-electron chi connectivity index (χ3n) is 4.93. The average Bonchev–Trinajstić information content (AvgIpc) is 3.39. The summed E-state index contributed by atoms with van der Waals surface area (Å²) in [5.74, 6) is -0.897. The minimum absolute atomic E-state index is 0.0624. The number of anilines is 2. The van der Waals surface area contributed by atoms with Gasteiger partial charge in [-0.15, -0.1) is 18.3 Å². The normalized spacial score (nSPS) is 15.9. The topological polar surface area (TPSA) is 107 Å². The second-order valence-electron chi connectivity index (χ2n) is 7.54. The highest BCUT2D eigenvalue weighted by atomic mass is 19.4. The fourth-order valence-corrected chi connectivity index (χ4v) is 3.34. The van der Waals surface area contributed by atoms with E-state index in [9.17, 15) is 22.8 Å². The number of alkyl halides is 3. The Kier molecular flexibility index (Phi) is 6.39. The van der Waals surface area contributed by atoms with Gasteiger partial charge in [0.2, 0.25) is 11.8 Å². The summed E-state index contributed by atoms with van der Waals surface area (Å²) in [5, 5.41) is 10.1. The molecule has 12 heteroatoms. The molecule has 0 aliphatic carbocycles. The summed E-state index contributed by atoms with van der Waals surface area (Å²) >= 11 is 0. The van der Waals surface area contributed by atoms with Gasteiger partial charge >= 0.3 is 12.4 Å². The number of benzene rings is 2. The summed E-state index contributed by atoms with van der Waals surface area (Å²) in [6.07, 6.45) is -4.74. The van der Waals surface area contributed by atoms with Gasteiger partial charge in [-0.1, -0.05) is 22.8 Å². The highest BCUT2D eigenvalue weighted by molar-refractivity contribution is 5.96. The SMILES string of the molecule is Cc1ccc(OCC(=O)Nc2nnc([C@@H]3CC(=O)N(c4ccc(OC(F)(F)F)cc4)C3)o2)cc1. The number of hydrogen-bond acceptors (Lipinski definition) is 7. The number of carbonyl (C=O) groups is 2. The lowest BCUT2D eigenvalue weighted by Gasteiger charge is -2.17. The van der Waals surface area contributed by atoms with Gasteiger partial charge in [0.05, 0.1) is 5.92 Å². The van der Waals surface area contributed by atoms with E-state index in [2.05, 4.69) is 20.3 Å². The molecule has 34 heavy (non-hydrogen) atoms. The zero-order valence-corrected chi connectivity index (χ0v) is 17.8. The van der Waals surface area contributed by atoms with Crippen molar-refractivity contribution in [2.45, 2.75) is 25.6 Å². The maximum absolute atomic E-state index is 12.4. The molecule has 4 rings (SSSR count). The number of nitrogens with zero attached hydrogens (tertiary/aromatic N) is 3. The third-order valence-corrected chi connectivity index (χ3v) is 4.93. The minimum Gasteiger partial charge on any atom is -0.484 e. The number of aryl methyl sites for hydroxylation is 1. The molecule has 1 fully saturated rings. The number of amides is 2. The van der Waals surface area contributed by atoms with E-state index in [-0.39, 0.29) is 43.1 Å². The first-order valence-electron chi connectivity index (χ1n) is 10.2. The molecule has 0 saturated carbocycles. The molecule has 0 bridgehead atoms. The number of rotatable bonds is 7. The van der Waals surface area contributed by atoms with Gasteiger partial charge in [-0.2, -0.15) is 0 Å². The Labute approximate surface area is 191 Å². The molecule has 0 unspecified atom stereocenters. The maximum Gasteiger partial charge on any atom is 0.573 e. The average molecular weight is 476 g/mol. The van der Waals surface area contributed by atoms with Crippen LogP contribution >= 0.6 is 0 Å². The number of hydrogen-bond donors (Lipinski definition) is 1. The highest BCUT2D eigenvalue weighted by Gasteiger charge is 2.35. The molecule has 1 atom stereocenters. The van der Waals surface area contributed by atoms with Gasteiger partial charge < -0.3 is 18.8 Å². The molecule has 1 aliphatic rings. The number of ether oxygens (including phenoxy) is 2. The van der Waals surface area contributed by atoms with Crippen LogP contribution in [0.3, 0.4) is 0 Å². The molecular weight excluding hydrogens is 457 g/mol. The second kappa shape index (κ2) is 9.41. The van der Waals surface area contributed by atoms with Gasteiger partial charge in [-0.25, -0.2) is 0 Å². The molecule has 1 aromatic heterocycles. The Balaban J connectivity index is 1.32. The predicted molar refractivity (Wildman–Crippen MR) is 112 cm³/mol. The van der Waals surface area contributed by atoms with Crippen molar-refractivity contribution in [1.82, 2.24) is 10.2 Å². The number of carbonyl (C=O) groups excluding carboxylic acids is 2. The van der Waals surface area contributed by atoms with Crippen LogP contribution in [0.5, 0.6) is 11.5 Å². The van der Waals surface area contributed by atoms with Crippen molar-refractivity contribution in [2.24, 2.45) is 0 Å². The summed E-state index contributed by atoms with van der Waals surface area (Å²) in [7, 11) is 0. The molecule has 1 N–H and O–H groups in total. The van der Waals surface area contributed by atoms with E-state index in [1.54, 1.807) is 12.1 Å². The fourth-order valence-electron chi connectivity index (χ4n) is 3.34. The summed E-state index contributed by atoms with van der Waals surface area (Å²) in [6.45, 7) is 1.86. The zero-order chi connectivity index (χ0) is 24.3. The highest BCUT2D eigenvalue weighted by Crippen LogP contribution is 2.33. The summed E-state index contributed by atoms with van der Waals surface area (Å²) in [5.41, 5.74) is 1.47. The Morgan fingerprint density at radius 2 is 1.79 bits per heavy atom. The maximum atomic E-state index is 12.4. The van der Waals surface area contributed by atoms with E-state index >= 15 is 0 Å². The van der Waals surface area contributed by atoms with Crippen molar-refractivity contribution in [3.8, 4) is 11.5 Å². The molecule has 2 amide bonds. The molecule has 178 valence electrons. The molecule has 1 aliphatic heterocycles. The Morgan fingerprint density at radius 1 is 1.12 bits per heavy atom. The van der Waals surface area contributed by atoms with Gasteiger partial charge in [-0.3, -0.25) is 14.9 Å². The lowest BCUT2D eigenvalue weighted by atomic mass is 10.1. The molecule has 2 heterocycles. The van der Waals surface area contributed by atoms with Crippen molar-refractivity contribution in [3.63, 3.8) is 0 Å². The monoisotopic (exact) mass is 476 g/mol. The van der Waals surface area contributed by atoms with Crippen LogP contribution in [0, 0.1) is 6.92 Å². The Morgan fingerprint density at radius 3 is 2.47 bits per heavy atom. The van der Waals surface area contributed by atoms with Gasteiger partial charge in [0.1, 0.15) is 11.5 Å². The van der Waals surface area contributed by atoms with Gasteiger partial charge in [0.25, 0.3) is 5.91 Å². The van der Waals surface area contributed by atoms with E-state index in [0.717, 1.165) is 17.7 Å². The van der Waals surface area contributed by atoms with Crippen LogP contribution in [0.2, 0.25) is 0 Å². The molecule has 0 radical (unpaired) electrons. The van der Waals surface area contributed by atoms with Crippen LogP contribution in [0.1, 0.15) is 23.8 Å². The summed E-state index contributed by atoms with van der Waals surface area (Å²) in [6, 6.07) is 12.0. The molecular formula is C22H19F3N4O5. The lowest BCUT2D eigenvalue weighted by molar-refractivity contribution is -0.274. The largest absolute Gasteiger partial charge is 0.573 e. The number of aromatic nitrogens is 2. The summed E-state index contributed by atoms with van der Waals surface area (Å²) in [4.78, 5) is 25.9. The van der Waals surface area contributed by atoms with Gasteiger partial charge in [0, 0.05) is 18.7 Å². The fraction of sp³-hybridized carbons (Fsp3) is 0.273. The zero-order valence-electron chi connectivity index (χ0n) is 17.8. The van der Waals surface area contributed by atoms with E-state index in [4.69, 9.17) is 9.15 Å². The van der Waals surface area contributed by atoms with E-state index in [1.807, 2.05) is 19.1 Å². The Hall–Kier alpha value is -4.09. The first-order chi connectivity index (χ1) is 16.2. The molecule has 9 nitrogen and oxygen atoms in total. The van der Waals surface area contributed by atoms with Crippen molar-refractivity contribution < 1.29 is 36.7 Å². The standard InChI is InChI=1S/C22H19F3N4O5/c1-13-2-6-16(7-3-13)32-12-18(30)26-21-28-27-20(33-21)14-10-19(31)29(11-14)15-4-8-17(9-5-15)34-22(23,24)25/h2-9,14H,10-12H2,1H3,(H,26,28,30)/t14-/m1/s1. The van der Waals surface area contributed by atoms with Crippen LogP contribution in [0.15, 0.2) is 52.9 Å². The van der Waals surface area contributed by atoms with Crippen LogP contribution in [-0.4, -0.2) is 41.5 Å². The van der Waals surface area contributed by atoms with Crippen molar-refractivity contribution in [3.05, 3.63) is 60.0 Å². The smallest absolute Gasteiger partial charge is 0.484 e. The lowest BCUT2D eigenvalue weighted by Crippen LogP contribution is -2.24. The minimum atomic E-state index is -4.80. The van der Waals surface area contributed by atoms with Crippen LogP contribution < -0.4 is 19.7 Å². The van der Waals surface area contributed by atoms with E-state index < -0.39 is 18.2 Å². The molecule has 0 spiro atoms. The van der Waals surface area contributed by atoms with Gasteiger partial charge in [-0.05, 0) is 43.3 Å². The first kappa shape index (κ1) is 23.1. The number of nitrogens with one attached hydrogen (secondary N) is 1. The van der Waals surface area contributed by atoms with Crippen LogP contribution in [-0.2, 0) is 9.59 Å². The third kappa shape index (κ3) is 5.82. The van der Waals surface area contributed by atoms with Crippen molar-refractivity contribution in [2.75, 3.05) is 23.4 Å². The predicted octanol–water partition coefficient (Wildman–Crippen LogP) is 3.81. The quantitative estimate of drug-likeness (QED) is 0.553. The van der Waals surface area contributed by atoms with Gasteiger partial charge in [0.15, 0.2) is 6.61 Å². The van der Waals surface area contributed by atoms with Crippen LogP contribution in [0.4, 0.5) is 24.9 Å². The Bertz CT molecular complexity index is 1160. The van der Waals surface area contributed by atoms with Crippen LogP contribution in [0.25, 0.3) is 0 Å². The van der Waals surface area contributed by atoms with E-state index in [1.165, 1.54) is 17.0 Å². The number of halogens is 3. The summed E-state index contributed by atoms with van der Waals surface area (Å²) < 4.78 is 51.7. The van der Waals surface area contributed by atoms with E-state index in [0.29, 0.717) is 11.4 Å². The van der Waals surface area contributed by atoms with Crippen molar-refractivity contribution >= 4 is 23.5 Å². The second-order valence-corrected chi connectivity index (χ2v) is 7.54. The van der Waals surface area contributed by atoms with Crippen molar-refractivity contribution in [1.29, 1.82) is 0 Å². The molecule has 1 saturated heterocycles. The molecule has 3 aromatic rings. The molecule has 2 aromatic carbocycles. The first-order valence-corrected chi connectivity index (χ1v) is 10.2.